The predicted octanol–water partition coefficient (Wildman–Crippen LogP) is 22.2. The van der Waals surface area contributed by atoms with Crippen LogP contribution in [-0.4, -0.2) is 36.9 Å². The Morgan fingerprint density at radius 3 is 0.368 bits per heavy atom. The van der Waals surface area contributed by atoms with Crippen LogP contribution in [0.3, 0.4) is 0 Å². The van der Waals surface area contributed by atoms with E-state index in [0.717, 1.165) is 31.1 Å². The van der Waals surface area contributed by atoms with Gasteiger partial charge in [-0.05, 0) is 72.8 Å². The molecule has 0 aliphatic heterocycles. The molecular weight excluding hydrogens is 1810 g/mol. The summed E-state index contributed by atoms with van der Waals surface area (Å²) in [6, 6.07) is 222. The third-order valence-corrected chi connectivity index (χ3v) is 56.6. The standard InChI is InChI=1S/C39H36Br2P2.C38H34P2.2C24H20B/c40-42(34-20-7-1-8-21-34,35-22-9-2-10-23-35,36-24-11-3-12-25-36)32-19-33-43(41,37-26-13-4-14-27-37,38-28-15-5-16-29-38)39-30-17-6-18-31-39;1-7-19-33(20-8-1)39(34-21-9-2-10-22-34,35-23-11-3-12-24-35)31-32-40(36-25-13-4-14-26-36,37-27-15-5-16-28-37)38-29-17-6-18-30-38;2*1-5-13-21(14-6-1)25(22-15-7-2-8-16-22,23-17-9-3-10-18-23)24-19-11-4-12-20-24/h1-18,20-31H,19,32-33H2;1-30H,31-32H2;2*1-20H/q;+2;2*-1. The van der Waals surface area contributed by atoms with Gasteiger partial charge < -0.3 is 0 Å². The molecular formula is C125H110B2Br2P4. The van der Waals surface area contributed by atoms with Crippen LogP contribution in [0.1, 0.15) is 6.42 Å². The summed E-state index contributed by atoms with van der Waals surface area (Å²) in [6.07, 6.45) is 2.71. The molecule has 0 nitrogen and oxygen atoms in total. The molecule has 20 rings (SSSR count). The Bertz CT molecular complexity index is 5730. The van der Waals surface area contributed by atoms with Crippen LogP contribution in [0.25, 0.3) is 0 Å². The molecule has 0 amide bonds. The van der Waals surface area contributed by atoms with E-state index in [-0.39, 0.29) is 0 Å². The number of hydrogen-bond donors (Lipinski definition) is 0. The van der Waals surface area contributed by atoms with Crippen molar-refractivity contribution in [1.82, 2.24) is 0 Å². The molecule has 0 heterocycles. The van der Waals surface area contributed by atoms with E-state index in [4.69, 9.17) is 31.0 Å². The Morgan fingerprint density at radius 1 is 0.143 bits per heavy atom. The van der Waals surface area contributed by atoms with Crippen LogP contribution >= 0.6 is 56.1 Å². The Hall–Kier alpha value is -12.8. The maximum Gasteiger partial charge on any atom is 0.115 e. The van der Waals surface area contributed by atoms with Gasteiger partial charge in [0.2, 0.25) is 0 Å². The minimum absolute atomic E-state index is 0.986. The van der Waals surface area contributed by atoms with Gasteiger partial charge in [-0.3, -0.25) is 0 Å². The maximum absolute atomic E-state index is 4.70. The average Bonchev–Trinajstić information content (AvgIpc) is 0.696. The summed E-state index contributed by atoms with van der Waals surface area (Å²) in [5, 5.41) is 10.7. The monoisotopic (exact) mass is 1910 g/mol. The van der Waals surface area contributed by atoms with Crippen LogP contribution in [0.2, 0.25) is 0 Å². The molecule has 0 saturated carbocycles. The van der Waals surface area contributed by atoms with E-state index in [2.05, 4.69) is 607 Å². The van der Waals surface area contributed by atoms with E-state index in [1.165, 1.54) is 107 Å². The quantitative estimate of drug-likeness (QED) is 0.0356. The first-order valence-electron chi connectivity index (χ1n) is 46.3. The van der Waals surface area contributed by atoms with E-state index >= 15 is 0 Å². The minimum atomic E-state index is -3.07. The van der Waals surface area contributed by atoms with Gasteiger partial charge in [0.05, 0.1) is 0 Å². The molecule has 133 heavy (non-hydrogen) atoms. The van der Waals surface area contributed by atoms with Gasteiger partial charge >= 0.3 is 274 Å². The van der Waals surface area contributed by atoms with Crippen LogP contribution < -0.4 is 107 Å². The summed E-state index contributed by atoms with van der Waals surface area (Å²) in [6.45, 7) is 0. The molecule has 0 fully saturated rings. The summed E-state index contributed by atoms with van der Waals surface area (Å²) >= 11 is 9.40. The van der Waals surface area contributed by atoms with Crippen molar-refractivity contribution in [1.29, 1.82) is 0 Å². The second-order valence-electron chi connectivity index (χ2n) is 34.3. The van der Waals surface area contributed by atoms with Crippen molar-refractivity contribution in [2.75, 3.05) is 24.6 Å². The van der Waals surface area contributed by atoms with Gasteiger partial charge in [0.1, 0.15) is 71.0 Å². The molecule has 0 unspecified atom stereocenters. The Balaban J connectivity index is 0.000000127. The summed E-state index contributed by atoms with van der Waals surface area (Å²) in [5.74, 6) is 0. The summed E-state index contributed by atoms with van der Waals surface area (Å²) in [4.78, 5) is 0. The number of hydrogen-bond acceptors (Lipinski definition) is 0. The number of benzene rings is 20. The fourth-order valence-corrected chi connectivity index (χ4v) is 46.5. The van der Waals surface area contributed by atoms with E-state index in [1.807, 2.05) is 0 Å². The van der Waals surface area contributed by atoms with Gasteiger partial charge in [0, 0.05) is 0 Å². The zero-order valence-corrected chi connectivity index (χ0v) is 81.7. The largest absolute Gasteiger partial charge is 0.195 e. The smallest absolute Gasteiger partial charge is 0.115 e. The van der Waals surface area contributed by atoms with Crippen molar-refractivity contribution in [3.63, 3.8) is 0 Å². The summed E-state index contributed by atoms with van der Waals surface area (Å²) in [5.41, 5.74) is 10.7. The molecule has 20 aromatic carbocycles. The first-order chi connectivity index (χ1) is 65.7. The van der Waals surface area contributed by atoms with Crippen molar-refractivity contribution >= 4 is 176 Å². The second-order valence-corrected chi connectivity index (χ2v) is 59.6. The molecule has 0 atom stereocenters. The molecule has 0 saturated heterocycles. The third kappa shape index (κ3) is 18.7. The van der Waals surface area contributed by atoms with Gasteiger partial charge in [-0.15, -0.1) is 0 Å². The molecule has 0 N–H and O–H groups in total. The first kappa shape index (κ1) is 92.1. The number of halogens is 2. The molecule has 0 aliphatic rings. The third-order valence-electron chi connectivity index (χ3n) is 27.3. The van der Waals surface area contributed by atoms with Crippen molar-refractivity contribution in [2.24, 2.45) is 0 Å². The van der Waals surface area contributed by atoms with E-state index in [0.29, 0.717) is 0 Å². The van der Waals surface area contributed by atoms with Crippen molar-refractivity contribution in [2.45, 2.75) is 6.42 Å². The fourth-order valence-electron chi connectivity index (χ4n) is 21.1. The first-order valence-corrected chi connectivity index (χ1v) is 59.1. The molecule has 0 bridgehead atoms. The molecule has 0 aliphatic carbocycles. The Morgan fingerprint density at radius 2 is 0.248 bits per heavy atom. The van der Waals surface area contributed by atoms with Crippen LogP contribution in [0.4, 0.5) is 0 Å². The van der Waals surface area contributed by atoms with Crippen molar-refractivity contribution in [3.8, 4) is 0 Å². The van der Waals surface area contributed by atoms with Crippen molar-refractivity contribution < 1.29 is 0 Å². The minimum Gasteiger partial charge on any atom is -0.195 e. The summed E-state index contributed by atoms with van der Waals surface area (Å²) in [7, 11) is -3.97. The summed E-state index contributed by atoms with van der Waals surface area (Å²) < 4.78 is 0. The normalized spacial score (nSPS) is 12.2. The fraction of sp³-hybridized carbons (Fsp3) is 0.0400. The predicted molar refractivity (Wildman–Crippen MR) is 603 cm³/mol. The van der Waals surface area contributed by atoms with Gasteiger partial charge in [-0.2, -0.15) is 43.7 Å². The molecule has 0 spiro atoms. The molecule has 0 radical (unpaired) electrons. The van der Waals surface area contributed by atoms with E-state index in [1.54, 1.807) is 0 Å². The molecule has 8 heteroatoms. The molecule has 650 valence electrons. The number of rotatable bonds is 27. The zero-order chi connectivity index (χ0) is 90.7. The van der Waals surface area contributed by atoms with Gasteiger partial charge in [-0.1, -0.05) is 352 Å². The Kier molecular flexibility index (Phi) is 30.0. The molecule has 20 aromatic rings. The van der Waals surface area contributed by atoms with Gasteiger partial charge in [0.25, 0.3) is 0 Å². The van der Waals surface area contributed by atoms with Gasteiger partial charge in [0.15, 0.2) is 0 Å². The molecule has 0 aromatic heterocycles. The van der Waals surface area contributed by atoms with Crippen LogP contribution in [0.5, 0.6) is 0 Å². The second kappa shape index (κ2) is 43.3. The van der Waals surface area contributed by atoms with E-state index in [9.17, 15) is 0 Å². The topological polar surface area (TPSA) is 0 Å². The Labute approximate surface area is 806 Å². The van der Waals surface area contributed by atoms with E-state index < -0.39 is 37.4 Å². The van der Waals surface area contributed by atoms with Crippen LogP contribution in [0.15, 0.2) is 607 Å². The SMILES string of the molecule is BrP(CCCP(Br)(c1ccccc1)(c1ccccc1)c1ccccc1)(c1ccccc1)(c1ccccc1)c1ccccc1.c1ccc([B-](c2ccccc2)(c2ccccc2)c2ccccc2)cc1.c1ccc([B-](c2ccccc2)(c2ccccc2)c2ccccc2)cc1.c1ccc([P+](CC[P+](c2ccccc2)(c2ccccc2)c2ccccc2)(c2ccccc2)c2ccccc2)cc1. The van der Waals surface area contributed by atoms with Crippen LogP contribution in [-0.2, 0) is 0 Å². The average molecular weight is 1920 g/mol. The maximum atomic E-state index is 4.70. The van der Waals surface area contributed by atoms with Gasteiger partial charge in [-0.25, -0.2) is 0 Å². The van der Waals surface area contributed by atoms with Crippen LogP contribution in [0, 0.1) is 0 Å². The zero-order valence-electron chi connectivity index (χ0n) is 75.0. The van der Waals surface area contributed by atoms with Crippen molar-refractivity contribution in [3.05, 3.63) is 607 Å².